The molecule has 1 aliphatic rings. The van der Waals surface area contributed by atoms with E-state index in [-0.39, 0.29) is 17.0 Å². The molecular weight excluding hydrogens is 354 g/mol. The van der Waals surface area contributed by atoms with Crippen molar-refractivity contribution < 1.29 is 13.2 Å². The lowest BCUT2D eigenvalue weighted by molar-refractivity contribution is 0.514. The van der Waals surface area contributed by atoms with Crippen molar-refractivity contribution in [2.45, 2.75) is 57.9 Å². The van der Waals surface area contributed by atoms with E-state index in [1.807, 2.05) is 18.2 Å². The summed E-state index contributed by atoms with van der Waals surface area (Å²) < 4.78 is 28.6. The third-order valence-corrected chi connectivity index (χ3v) is 5.80. The van der Waals surface area contributed by atoms with Crippen molar-refractivity contribution >= 4 is 27.2 Å². The minimum atomic E-state index is -3.10. The van der Waals surface area contributed by atoms with Crippen molar-refractivity contribution in [1.29, 1.82) is 0 Å². The highest BCUT2D eigenvalue weighted by molar-refractivity contribution is 7.94. The summed E-state index contributed by atoms with van der Waals surface area (Å²) in [6.07, 6.45) is 10.1. The van der Waals surface area contributed by atoms with Crippen LogP contribution < -0.4 is 10.1 Å². The van der Waals surface area contributed by atoms with Crippen molar-refractivity contribution in [3.8, 4) is 5.75 Å². The molecule has 0 radical (unpaired) electrons. The first-order chi connectivity index (χ1) is 12.0. The zero-order valence-corrected chi connectivity index (χ0v) is 16.4. The molecule has 4 nitrogen and oxygen atoms in total. The van der Waals surface area contributed by atoms with Gasteiger partial charge in [-0.05, 0) is 42.8 Å². The maximum absolute atomic E-state index is 11.4. The third kappa shape index (κ3) is 7.16. The summed E-state index contributed by atoms with van der Waals surface area (Å²) >= 11 is 5.23. The molecule has 1 aromatic rings. The first kappa shape index (κ1) is 19.9. The lowest BCUT2D eigenvalue weighted by Gasteiger charge is -2.15. The minimum absolute atomic E-state index is 0.0237. The molecule has 1 aromatic carbocycles. The fourth-order valence-corrected chi connectivity index (χ4v) is 4.33. The monoisotopic (exact) mass is 381 g/mol. The number of sulfone groups is 1. The number of hydrogen-bond acceptors (Lipinski definition) is 4. The Balaban J connectivity index is 1.81. The van der Waals surface area contributed by atoms with E-state index in [1.54, 1.807) is 6.08 Å². The van der Waals surface area contributed by atoms with E-state index in [1.165, 1.54) is 37.5 Å². The predicted octanol–water partition coefficient (Wildman–Crippen LogP) is 4.15. The average Bonchev–Trinajstić information content (AvgIpc) is 2.90. The second-order valence-corrected chi connectivity index (χ2v) is 8.73. The number of aryl methyl sites for hydroxylation is 1. The van der Waals surface area contributed by atoms with Crippen LogP contribution in [0.25, 0.3) is 0 Å². The smallest absolute Gasteiger partial charge is 0.262 e. The molecule has 0 aliphatic carbocycles. The van der Waals surface area contributed by atoms with Gasteiger partial charge < -0.3 is 10.1 Å². The van der Waals surface area contributed by atoms with Crippen LogP contribution in [0.15, 0.2) is 35.7 Å². The molecule has 1 N–H and O–H groups in total. The van der Waals surface area contributed by atoms with Crippen molar-refractivity contribution in [2.75, 3.05) is 5.75 Å². The van der Waals surface area contributed by atoms with E-state index in [0.717, 1.165) is 24.2 Å². The van der Waals surface area contributed by atoms with Gasteiger partial charge in [-0.15, -0.1) is 0 Å². The maximum atomic E-state index is 11.4. The van der Waals surface area contributed by atoms with E-state index in [0.29, 0.717) is 0 Å². The van der Waals surface area contributed by atoms with Gasteiger partial charge in [0.1, 0.15) is 5.75 Å². The van der Waals surface area contributed by atoms with Crippen molar-refractivity contribution in [3.63, 3.8) is 0 Å². The first-order valence-corrected chi connectivity index (χ1v) is 11.1. The fourth-order valence-electron chi connectivity index (χ4n) is 2.85. The normalized spacial score (nSPS) is 18.2. The molecule has 1 atom stereocenters. The van der Waals surface area contributed by atoms with Gasteiger partial charge in [0.25, 0.3) is 5.17 Å². The van der Waals surface area contributed by atoms with Crippen LogP contribution in [0, 0.1) is 0 Å². The Labute approximate surface area is 156 Å². The first-order valence-electron chi connectivity index (χ1n) is 8.97. The highest BCUT2D eigenvalue weighted by Gasteiger charge is 2.22. The maximum Gasteiger partial charge on any atom is 0.262 e. The van der Waals surface area contributed by atoms with Gasteiger partial charge in [0.2, 0.25) is 0 Å². The SMILES string of the molecule is CCCCCCCCc1ccccc1OC(=S)NC1C=CS(=O)(=O)C1. The Morgan fingerprint density at radius 1 is 1.20 bits per heavy atom. The van der Waals surface area contributed by atoms with Crippen LogP contribution in [0.2, 0.25) is 0 Å². The highest BCUT2D eigenvalue weighted by atomic mass is 32.2. The van der Waals surface area contributed by atoms with Gasteiger partial charge in [-0.1, -0.05) is 57.2 Å². The molecule has 0 amide bonds. The van der Waals surface area contributed by atoms with Gasteiger partial charge >= 0.3 is 0 Å². The number of rotatable bonds is 9. The summed E-state index contributed by atoms with van der Waals surface area (Å²) in [5.74, 6) is 0.772. The Bertz CT molecular complexity index is 698. The molecule has 138 valence electrons. The van der Waals surface area contributed by atoms with Gasteiger partial charge in [0.05, 0.1) is 11.8 Å². The number of unbranched alkanes of at least 4 members (excludes halogenated alkanes) is 5. The van der Waals surface area contributed by atoms with Gasteiger partial charge in [0.15, 0.2) is 9.84 Å². The molecule has 0 saturated heterocycles. The quantitative estimate of drug-likeness (QED) is 0.514. The van der Waals surface area contributed by atoms with E-state index in [9.17, 15) is 8.42 Å². The number of para-hydroxylation sites is 1. The number of ether oxygens (including phenoxy) is 1. The van der Waals surface area contributed by atoms with Crippen molar-refractivity contribution in [1.82, 2.24) is 5.32 Å². The largest absolute Gasteiger partial charge is 0.432 e. The van der Waals surface area contributed by atoms with Crippen LogP contribution in [-0.4, -0.2) is 25.4 Å². The zero-order chi connectivity index (χ0) is 18.1. The van der Waals surface area contributed by atoms with Gasteiger partial charge in [-0.3, -0.25) is 0 Å². The summed E-state index contributed by atoms with van der Waals surface area (Å²) in [4.78, 5) is 0. The van der Waals surface area contributed by atoms with Gasteiger partial charge in [-0.2, -0.15) is 0 Å². The Morgan fingerprint density at radius 3 is 2.64 bits per heavy atom. The summed E-state index contributed by atoms with van der Waals surface area (Å²) in [5.41, 5.74) is 1.14. The van der Waals surface area contributed by atoms with E-state index >= 15 is 0 Å². The Hall–Kier alpha value is -1.40. The molecule has 25 heavy (non-hydrogen) atoms. The fraction of sp³-hybridized carbons (Fsp3) is 0.526. The van der Waals surface area contributed by atoms with Crippen LogP contribution in [-0.2, 0) is 16.3 Å². The summed E-state index contributed by atoms with van der Waals surface area (Å²) in [6, 6.07) is 7.57. The zero-order valence-electron chi connectivity index (χ0n) is 14.7. The molecule has 1 heterocycles. The highest BCUT2D eigenvalue weighted by Crippen LogP contribution is 2.21. The second-order valence-electron chi connectivity index (χ2n) is 6.42. The minimum Gasteiger partial charge on any atom is -0.432 e. The van der Waals surface area contributed by atoms with E-state index < -0.39 is 9.84 Å². The molecule has 2 rings (SSSR count). The number of thiocarbonyl (C=S) groups is 1. The van der Waals surface area contributed by atoms with Crippen LogP contribution in [0.3, 0.4) is 0 Å². The predicted molar refractivity (Wildman–Crippen MR) is 107 cm³/mol. The molecule has 1 aliphatic heterocycles. The van der Waals surface area contributed by atoms with Gasteiger partial charge in [0, 0.05) is 5.41 Å². The summed E-state index contributed by atoms with van der Waals surface area (Å²) in [5, 5.41) is 4.38. The molecule has 0 spiro atoms. The molecule has 6 heteroatoms. The molecular formula is C19H27NO3S2. The van der Waals surface area contributed by atoms with Crippen LogP contribution in [0.1, 0.15) is 51.0 Å². The second kappa shape index (κ2) is 9.92. The molecule has 0 fully saturated rings. The van der Waals surface area contributed by atoms with E-state index in [4.69, 9.17) is 17.0 Å². The van der Waals surface area contributed by atoms with Gasteiger partial charge in [-0.25, -0.2) is 8.42 Å². The third-order valence-electron chi connectivity index (χ3n) is 4.21. The topological polar surface area (TPSA) is 55.4 Å². The molecule has 1 unspecified atom stereocenters. The standard InChI is InChI=1S/C19H27NO3S2/c1-2-3-4-5-6-7-10-16-11-8-9-12-18(16)23-19(24)20-17-13-14-25(21,22)15-17/h8-9,11-14,17H,2-7,10,15H2,1H3,(H,20,24). The van der Waals surface area contributed by atoms with Crippen LogP contribution in [0.5, 0.6) is 5.75 Å². The van der Waals surface area contributed by atoms with Crippen LogP contribution in [0.4, 0.5) is 0 Å². The average molecular weight is 382 g/mol. The van der Waals surface area contributed by atoms with Crippen LogP contribution >= 0.6 is 12.2 Å². The van der Waals surface area contributed by atoms with E-state index in [2.05, 4.69) is 18.3 Å². The lowest BCUT2D eigenvalue weighted by atomic mass is 10.0. The molecule has 0 saturated carbocycles. The molecule has 0 bridgehead atoms. The number of benzene rings is 1. The Kier molecular flexibility index (Phi) is 7.90. The Morgan fingerprint density at radius 2 is 1.92 bits per heavy atom. The summed E-state index contributed by atoms with van der Waals surface area (Å²) in [7, 11) is -3.10. The van der Waals surface area contributed by atoms with Crippen molar-refractivity contribution in [2.24, 2.45) is 0 Å². The van der Waals surface area contributed by atoms with Crippen molar-refractivity contribution in [3.05, 3.63) is 41.3 Å². The lowest BCUT2D eigenvalue weighted by Crippen LogP contribution is -2.37. The molecule has 0 aromatic heterocycles. The number of hydrogen-bond donors (Lipinski definition) is 1. The number of nitrogens with one attached hydrogen (secondary N) is 1. The summed E-state index contributed by atoms with van der Waals surface area (Å²) in [6.45, 7) is 2.22.